The molecule has 1 aromatic heterocycles. The molecule has 12 nitrogen and oxygen atoms in total. The number of hydrogen-bond donors (Lipinski definition) is 7. The lowest BCUT2D eigenvalue weighted by molar-refractivity contribution is -0.143. The van der Waals surface area contributed by atoms with Gasteiger partial charge in [-0.25, -0.2) is 4.79 Å². The fraction of sp³-hybridized carbons (Fsp3) is 0.458. The number of aromatic nitrogens is 1. The Labute approximate surface area is 208 Å². The lowest BCUT2D eigenvalue weighted by Crippen LogP contribution is -2.57. The van der Waals surface area contributed by atoms with Gasteiger partial charge in [-0.15, -0.1) is 0 Å². The zero-order valence-corrected chi connectivity index (χ0v) is 20.4. The van der Waals surface area contributed by atoms with Crippen molar-refractivity contribution in [3.8, 4) is 0 Å². The van der Waals surface area contributed by atoms with Gasteiger partial charge in [0.05, 0.1) is 12.5 Å². The second-order valence-corrected chi connectivity index (χ2v) is 8.76. The molecule has 1 aromatic carbocycles. The minimum atomic E-state index is -1.47. The van der Waals surface area contributed by atoms with Crippen molar-refractivity contribution in [1.29, 1.82) is 0 Å². The summed E-state index contributed by atoms with van der Waals surface area (Å²) >= 11 is 0. The fourth-order valence-electron chi connectivity index (χ4n) is 3.56. The summed E-state index contributed by atoms with van der Waals surface area (Å²) in [4.78, 5) is 63.8. The second kappa shape index (κ2) is 12.7. The molecule has 0 bridgehead atoms. The Kier molecular flexibility index (Phi) is 9.97. The Balaban J connectivity index is 2.05. The number of H-pyrrole nitrogens is 1. The molecule has 0 spiro atoms. The van der Waals surface area contributed by atoms with Gasteiger partial charge in [-0.3, -0.25) is 19.2 Å². The molecule has 0 fully saturated rings. The first-order chi connectivity index (χ1) is 16.9. The number of nitrogens with one attached hydrogen (secondary N) is 4. The first-order valence-corrected chi connectivity index (χ1v) is 11.6. The van der Waals surface area contributed by atoms with Crippen LogP contribution in [0.5, 0.6) is 0 Å². The molecule has 0 aliphatic rings. The highest BCUT2D eigenvalue weighted by molar-refractivity contribution is 5.95. The molecule has 2 aromatic rings. The standard InChI is InChI=1S/C24H33N5O7/c1-4-12(2)20(25)23(34)28-17(10-19(30)31)22(33)27-13(3)21(32)29-18(24(35)36)9-14-11-26-16-8-6-5-7-15(14)16/h5-8,11-13,17-18,20,26H,4,9-10,25H2,1-3H3,(H,27,33)(H,28,34)(H,29,32)(H,30,31)(H,35,36). The van der Waals surface area contributed by atoms with Gasteiger partial charge >= 0.3 is 11.9 Å². The smallest absolute Gasteiger partial charge is 0.326 e. The number of carbonyl (C=O) groups excluding carboxylic acids is 3. The number of para-hydroxylation sites is 1. The van der Waals surface area contributed by atoms with Gasteiger partial charge in [0.15, 0.2) is 0 Å². The summed E-state index contributed by atoms with van der Waals surface area (Å²) in [7, 11) is 0. The van der Waals surface area contributed by atoms with Crippen molar-refractivity contribution < 1.29 is 34.2 Å². The number of aliphatic carboxylic acids is 2. The summed E-state index contributed by atoms with van der Waals surface area (Å²) in [5.41, 5.74) is 7.37. The van der Waals surface area contributed by atoms with Crippen molar-refractivity contribution in [1.82, 2.24) is 20.9 Å². The molecular weight excluding hydrogens is 470 g/mol. The number of hydrogen-bond acceptors (Lipinski definition) is 6. The lowest BCUT2D eigenvalue weighted by Gasteiger charge is -2.24. The maximum atomic E-state index is 12.7. The lowest BCUT2D eigenvalue weighted by atomic mass is 9.99. The van der Waals surface area contributed by atoms with Gasteiger partial charge in [0.1, 0.15) is 18.1 Å². The molecule has 36 heavy (non-hydrogen) atoms. The molecule has 5 unspecified atom stereocenters. The van der Waals surface area contributed by atoms with Gasteiger partial charge < -0.3 is 36.9 Å². The number of carboxylic acids is 2. The quantitative estimate of drug-likeness (QED) is 0.199. The van der Waals surface area contributed by atoms with E-state index < -0.39 is 60.2 Å². The van der Waals surface area contributed by atoms with Crippen LogP contribution in [0.1, 0.15) is 39.2 Å². The number of aromatic amines is 1. The Morgan fingerprint density at radius 1 is 0.944 bits per heavy atom. The Morgan fingerprint density at radius 3 is 2.19 bits per heavy atom. The van der Waals surface area contributed by atoms with E-state index in [-0.39, 0.29) is 12.3 Å². The van der Waals surface area contributed by atoms with E-state index in [9.17, 15) is 29.1 Å². The van der Waals surface area contributed by atoms with Crippen LogP contribution in [0.15, 0.2) is 30.5 Å². The normalized spacial score (nSPS) is 15.2. The summed E-state index contributed by atoms with van der Waals surface area (Å²) in [6.07, 6.45) is 1.54. The van der Waals surface area contributed by atoms with Crippen LogP contribution in [0.2, 0.25) is 0 Å². The average Bonchev–Trinajstić information content (AvgIpc) is 3.24. The van der Waals surface area contributed by atoms with Crippen LogP contribution in [0.4, 0.5) is 0 Å². The average molecular weight is 504 g/mol. The van der Waals surface area contributed by atoms with Gasteiger partial charge in [-0.1, -0.05) is 38.5 Å². The van der Waals surface area contributed by atoms with Gasteiger partial charge in [0.25, 0.3) is 0 Å². The van der Waals surface area contributed by atoms with E-state index >= 15 is 0 Å². The molecule has 196 valence electrons. The maximum Gasteiger partial charge on any atom is 0.326 e. The number of benzene rings is 1. The monoisotopic (exact) mass is 503 g/mol. The van der Waals surface area contributed by atoms with Crippen molar-refractivity contribution in [2.75, 3.05) is 0 Å². The van der Waals surface area contributed by atoms with E-state index in [2.05, 4.69) is 20.9 Å². The molecule has 2 rings (SSSR count). The van der Waals surface area contributed by atoms with Crippen LogP contribution in [0, 0.1) is 5.92 Å². The zero-order valence-electron chi connectivity index (χ0n) is 20.4. The minimum Gasteiger partial charge on any atom is -0.481 e. The second-order valence-electron chi connectivity index (χ2n) is 8.76. The van der Waals surface area contributed by atoms with E-state index in [1.54, 1.807) is 13.1 Å². The van der Waals surface area contributed by atoms with Crippen LogP contribution in [0.25, 0.3) is 10.9 Å². The molecule has 0 saturated carbocycles. The first kappa shape index (κ1) is 28.3. The highest BCUT2D eigenvalue weighted by Gasteiger charge is 2.30. The van der Waals surface area contributed by atoms with Gasteiger partial charge in [0.2, 0.25) is 17.7 Å². The molecule has 8 N–H and O–H groups in total. The predicted molar refractivity (Wildman–Crippen MR) is 131 cm³/mol. The Morgan fingerprint density at radius 2 is 1.58 bits per heavy atom. The third-order valence-corrected chi connectivity index (χ3v) is 6.04. The van der Waals surface area contributed by atoms with Crippen LogP contribution < -0.4 is 21.7 Å². The van der Waals surface area contributed by atoms with Crippen molar-refractivity contribution in [2.24, 2.45) is 11.7 Å². The summed E-state index contributed by atoms with van der Waals surface area (Å²) in [5, 5.41) is 26.7. The molecule has 1 heterocycles. The van der Waals surface area contributed by atoms with Gasteiger partial charge in [-0.2, -0.15) is 0 Å². The number of nitrogens with two attached hydrogens (primary N) is 1. The molecule has 0 saturated heterocycles. The van der Waals surface area contributed by atoms with Crippen LogP contribution in [-0.2, 0) is 30.4 Å². The molecule has 5 atom stereocenters. The molecule has 12 heteroatoms. The van der Waals surface area contributed by atoms with E-state index in [0.29, 0.717) is 12.0 Å². The summed E-state index contributed by atoms with van der Waals surface area (Å²) in [6, 6.07) is 2.41. The fourth-order valence-corrected chi connectivity index (χ4v) is 3.56. The van der Waals surface area contributed by atoms with Gasteiger partial charge in [-0.05, 0) is 24.5 Å². The number of rotatable bonds is 13. The zero-order chi connectivity index (χ0) is 27.0. The Hall–Kier alpha value is -3.93. The van der Waals surface area contributed by atoms with Crippen molar-refractivity contribution in [3.63, 3.8) is 0 Å². The molecule has 0 aliphatic heterocycles. The molecule has 0 radical (unpaired) electrons. The minimum absolute atomic E-state index is 0.00302. The highest BCUT2D eigenvalue weighted by atomic mass is 16.4. The molecule has 0 aliphatic carbocycles. The number of amides is 3. The molecular formula is C24H33N5O7. The van der Waals surface area contributed by atoms with E-state index in [1.807, 2.05) is 31.2 Å². The SMILES string of the molecule is CCC(C)C(N)C(=O)NC(CC(=O)O)C(=O)NC(C)C(=O)NC(Cc1c[nH]c2ccccc12)C(=O)O. The van der Waals surface area contributed by atoms with Crippen LogP contribution in [0.3, 0.4) is 0 Å². The number of fused-ring (bicyclic) bond motifs is 1. The topological polar surface area (TPSA) is 204 Å². The number of carboxylic acid groups (broad SMARTS) is 2. The Bertz CT molecular complexity index is 1120. The van der Waals surface area contributed by atoms with Crippen molar-refractivity contribution >= 4 is 40.6 Å². The van der Waals surface area contributed by atoms with Crippen molar-refractivity contribution in [2.45, 2.75) is 64.2 Å². The summed E-state index contributed by atoms with van der Waals surface area (Å²) < 4.78 is 0. The van der Waals surface area contributed by atoms with Crippen LogP contribution in [-0.4, -0.2) is 69.0 Å². The number of carbonyl (C=O) groups is 5. The van der Waals surface area contributed by atoms with Crippen molar-refractivity contribution in [3.05, 3.63) is 36.0 Å². The van der Waals surface area contributed by atoms with E-state index in [0.717, 1.165) is 10.9 Å². The predicted octanol–water partition coefficient (Wildman–Crippen LogP) is 0.117. The third-order valence-electron chi connectivity index (χ3n) is 6.04. The first-order valence-electron chi connectivity index (χ1n) is 11.6. The van der Waals surface area contributed by atoms with E-state index in [1.165, 1.54) is 6.92 Å². The van der Waals surface area contributed by atoms with E-state index in [4.69, 9.17) is 10.8 Å². The van der Waals surface area contributed by atoms with Crippen LogP contribution >= 0.6 is 0 Å². The largest absolute Gasteiger partial charge is 0.481 e. The molecule has 3 amide bonds. The highest BCUT2D eigenvalue weighted by Crippen LogP contribution is 2.19. The maximum absolute atomic E-state index is 12.7. The summed E-state index contributed by atoms with van der Waals surface area (Å²) in [6.45, 7) is 4.91. The van der Waals surface area contributed by atoms with Gasteiger partial charge in [0, 0.05) is 23.5 Å². The third kappa shape index (κ3) is 7.54. The summed E-state index contributed by atoms with van der Waals surface area (Å²) in [5.74, 6) is -5.18.